The van der Waals surface area contributed by atoms with Gasteiger partial charge in [0.1, 0.15) is 11.4 Å². The van der Waals surface area contributed by atoms with E-state index >= 15 is 0 Å². The Morgan fingerprint density at radius 2 is 2.37 bits per heavy atom. The molecule has 2 N–H and O–H groups in total. The molecule has 0 aromatic heterocycles. The van der Waals surface area contributed by atoms with Gasteiger partial charge in [0.15, 0.2) is 0 Å². The number of benzene rings is 1. The molecule has 2 rings (SSSR count). The van der Waals surface area contributed by atoms with Crippen LogP contribution in [0.1, 0.15) is 12.0 Å². The molecule has 4 nitrogen and oxygen atoms in total. The van der Waals surface area contributed by atoms with Crippen molar-refractivity contribution in [2.75, 3.05) is 19.8 Å². The smallest absolute Gasteiger partial charge is 0.224 e. The summed E-state index contributed by atoms with van der Waals surface area (Å²) in [6.45, 7) is 0.775. The third-order valence-corrected chi connectivity index (χ3v) is 3.45. The summed E-state index contributed by atoms with van der Waals surface area (Å²) >= 11 is 5.84. The molecule has 6 heteroatoms. The van der Waals surface area contributed by atoms with Crippen LogP contribution in [0.4, 0.5) is 4.39 Å². The Balaban J connectivity index is 1.91. The highest BCUT2D eigenvalue weighted by Crippen LogP contribution is 2.20. The zero-order chi connectivity index (χ0) is 13.9. The minimum atomic E-state index is -1.02. The van der Waals surface area contributed by atoms with Gasteiger partial charge in [-0.2, -0.15) is 0 Å². The lowest BCUT2D eigenvalue weighted by Crippen LogP contribution is -2.43. The Bertz CT molecular complexity index is 455. The largest absolute Gasteiger partial charge is 0.386 e. The Labute approximate surface area is 115 Å². The van der Waals surface area contributed by atoms with E-state index in [0.717, 1.165) is 0 Å². The van der Waals surface area contributed by atoms with Gasteiger partial charge >= 0.3 is 0 Å². The van der Waals surface area contributed by atoms with E-state index in [4.69, 9.17) is 16.3 Å². The second-order valence-electron chi connectivity index (χ2n) is 4.68. The summed E-state index contributed by atoms with van der Waals surface area (Å²) in [7, 11) is 0. The van der Waals surface area contributed by atoms with Crippen molar-refractivity contribution in [1.29, 1.82) is 0 Å². The Hall–Kier alpha value is -1.17. The van der Waals surface area contributed by atoms with E-state index in [0.29, 0.717) is 13.0 Å². The van der Waals surface area contributed by atoms with Crippen LogP contribution in [-0.4, -0.2) is 36.4 Å². The van der Waals surface area contributed by atoms with E-state index in [1.54, 1.807) is 0 Å². The number of halogens is 2. The maximum absolute atomic E-state index is 13.5. The van der Waals surface area contributed by atoms with Crippen molar-refractivity contribution >= 4 is 17.5 Å². The molecule has 0 saturated carbocycles. The highest BCUT2D eigenvalue weighted by Gasteiger charge is 2.32. The van der Waals surface area contributed by atoms with Gasteiger partial charge in [-0.1, -0.05) is 17.7 Å². The minimum Gasteiger partial charge on any atom is -0.386 e. The normalized spacial score (nSPS) is 22.5. The number of aliphatic hydroxyl groups is 1. The van der Waals surface area contributed by atoms with Gasteiger partial charge in [0, 0.05) is 30.2 Å². The molecule has 1 atom stereocenters. The molecule has 1 heterocycles. The first-order valence-electron chi connectivity index (χ1n) is 6.00. The molecule has 1 aliphatic rings. The molecule has 0 bridgehead atoms. The van der Waals surface area contributed by atoms with Gasteiger partial charge in [-0.3, -0.25) is 4.79 Å². The second kappa shape index (κ2) is 5.86. The molecule has 0 aliphatic carbocycles. The summed E-state index contributed by atoms with van der Waals surface area (Å²) in [5.74, 6) is -0.891. The summed E-state index contributed by atoms with van der Waals surface area (Å²) in [5, 5.41) is 12.8. The van der Waals surface area contributed by atoms with Crippen LogP contribution in [0.2, 0.25) is 5.02 Å². The lowest BCUT2D eigenvalue weighted by Gasteiger charge is -2.20. The van der Waals surface area contributed by atoms with E-state index in [2.05, 4.69) is 5.32 Å². The lowest BCUT2D eigenvalue weighted by molar-refractivity contribution is -0.121. The third-order valence-electron chi connectivity index (χ3n) is 3.10. The van der Waals surface area contributed by atoms with Crippen molar-refractivity contribution in [3.8, 4) is 0 Å². The molecule has 1 fully saturated rings. The zero-order valence-corrected chi connectivity index (χ0v) is 11.0. The second-order valence-corrected chi connectivity index (χ2v) is 5.09. The van der Waals surface area contributed by atoms with Crippen molar-refractivity contribution < 1.29 is 19.0 Å². The number of hydrogen-bond donors (Lipinski definition) is 2. The van der Waals surface area contributed by atoms with Gasteiger partial charge in [-0.15, -0.1) is 0 Å². The van der Waals surface area contributed by atoms with Crippen LogP contribution in [0.5, 0.6) is 0 Å². The number of nitrogens with one attached hydrogen (secondary N) is 1. The minimum absolute atomic E-state index is 0.0951. The van der Waals surface area contributed by atoms with Crippen LogP contribution >= 0.6 is 11.6 Å². The average Bonchev–Trinajstić information content (AvgIpc) is 2.79. The third kappa shape index (κ3) is 3.65. The van der Waals surface area contributed by atoms with Crippen molar-refractivity contribution in [2.24, 2.45) is 0 Å². The quantitative estimate of drug-likeness (QED) is 0.877. The molecule has 1 aliphatic heterocycles. The molecule has 1 unspecified atom stereocenters. The number of ether oxygens (including phenoxy) is 1. The van der Waals surface area contributed by atoms with Gasteiger partial charge in [0.2, 0.25) is 5.91 Å². The van der Waals surface area contributed by atoms with Crippen LogP contribution in [0.25, 0.3) is 0 Å². The maximum atomic E-state index is 13.5. The first kappa shape index (κ1) is 14.2. The fourth-order valence-corrected chi connectivity index (χ4v) is 2.15. The average molecular weight is 288 g/mol. The van der Waals surface area contributed by atoms with Crippen LogP contribution in [0, 0.1) is 5.82 Å². The summed E-state index contributed by atoms with van der Waals surface area (Å²) in [5.41, 5.74) is -0.856. The molecule has 19 heavy (non-hydrogen) atoms. The van der Waals surface area contributed by atoms with Gasteiger partial charge < -0.3 is 15.2 Å². The fraction of sp³-hybridized carbons (Fsp3) is 0.462. The first-order chi connectivity index (χ1) is 9.00. The van der Waals surface area contributed by atoms with Gasteiger partial charge in [0.25, 0.3) is 0 Å². The maximum Gasteiger partial charge on any atom is 0.224 e. The molecule has 1 aromatic rings. The molecular formula is C13H15ClFNO3. The molecular weight excluding hydrogens is 273 g/mol. The number of rotatable bonds is 4. The molecule has 1 amide bonds. The van der Waals surface area contributed by atoms with E-state index < -0.39 is 11.4 Å². The topological polar surface area (TPSA) is 58.6 Å². The lowest BCUT2D eigenvalue weighted by atomic mass is 10.0. The summed E-state index contributed by atoms with van der Waals surface area (Å²) in [6.07, 6.45) is 0.330. The van der Waals surface area contributed by atoms with E-state index in [9.17, 15) is 14.3 Å². The number of amides is 1. The van der Waals surface area contributed by atoms with E-state index in [1.165, 1.54) is 18.2 Å². The first-order valence-corrected chi connectivity index (χ1v) is 6.38. The van der Waals surface area contributed by atoms with Crippen molar-refractivity contribution in [3.63, 3.8) is 0 Å². The van der Waals surface area contributed by atoms with E-state index in [-0.39, 0.29) is 36.1 Å². The predicted molar refractivity (Wildman–Crippen MR) is 68.5 cm³/mol. The van der Waals surface area contributed by atoms with Crippen LogP contribution in [0.15, 0.2) is 18.2 Å². The van der Waals surface area contributed by atoms with Gasteiger partial charge in [-0.25, -0.2) is 4.39 Å². The predicted octanol–water partition coefficient (Wildman–Crippen LogP) is 1.29. The highest BCUT2D eigenvalue weighted by atomic mass is 35.5. The number of carbonyl (C=O) groups excluding carboxylic acids is 1. The van der Waals surface area contributed by atoms with Crippen LogP contribution in [-0.2, 0) is 16.0 Å². The van der Waals surface area contributed by atoms with Gasteiger partial charge in [0.05, 0.1) is 13.0 Å². The Morgan fingerprint density at radius 3 is 3.00 bits per heavy atom. The Morgan fingerprint density at radius 1 is 1.58 bits per heavy atom. The molecule has 1 aromatic carbocycles. The van der Waals surface area contributed by atoms with Crippen LogP contribution in [0.3, 0.4) is 0 Å². The Kier molecular flexibility index (Phi) is 4.39. The summed E-state index contributed by atoms with van der Waals surface area (Å²) in [4.78, 5) is 11.7. The van der Waals surface area contributed by atoms with E-state index in [1.807, 2.05) is 0 Å². The standard InChI is InChI=1S/C13H15ClFNO3/c14-10-2-1-3-11(15)9(10)6-12(17)16-7-13(18)4-5-19-8-13/h1-3,18H,4-8H2,(H,16,17). The molecule has 0 radical (unpaired) electrons. The van der Waals surface area contributed by atoms with Gasteiger partial charge in [-0.05, 0) is 12.1 Å². The monoisotopic (exact) mass is 287 g/mol. The van der Waals surface area contributed by atoms with Crippen molar-refractivity contribution in [2.45, 2.75) is 18.4 Å². The molecule has 0 spiro atoms. The zero-order valence-electron chi connectivity index (χ0n) is 10.3. The highest BCUT2D eigenvalue weighted by molar-refractivity contribution is 6.31. The summed E-state index contributed by atoms with van der Waals surface area (Å²) < 4.78 is 18.6. The molecule has 104 valence electrons. The van der Waals surface area contributed by atoms with Crippen LogP contribution < -0.4 is 5.32 Å². The molecule has 1 saturated heterocycles. The van der Waals surface area contributed by atoms with Crippen molar-refractivity contribution in [3.05, 3.63) is 34.6 Å². The number of carbonyl (C=O) groups is 1. The summed E-state index contributed by atoms with van der Waals surface area (Å²) in [6, 6.07) is 4.27. The SMILES string of the molecule is O=C(Cc1c(F)cccc1Cl)NCC1(O)CCOC1. The fourth-order valence-electron chi connectivity index (χ4n) is 1.92. The van der Waals surface area contributed by atoms with Crippen molar-refractivity contribution in [1.82, 2.24) is 5.32 Å². The number of hydrogen-bond acceptors (Lipinski definition) is 3.